The molecule has 7 heteroatoms. The van der Waals surface area contributed by atoms with Crippen molar-refractivity contribution in [3.63, 3.8) is 0 Å². The molecule has 0 bridgehead atoms. The van der Waals surface area contributed by atoms with Crippen LogP contribution in [0.2, 0.25) is 0 Å². The summed E-state index contributed by atoms with van der Waals surface area (Å²) in [6, 6.07) is 1.54. The number of rotatable bonds is 4. The highest BCUT2D eigenvalue weighted by molar-refractivity contribution is 5.93. The number of nitrogens with zero attached hydrogens (tertiary/aromatic N) is 1. The molecule has 2 N–H and O–H groups in total. The topological polar surface area (TPSA) is 92.0 Å². The molecule has 0 radical (unpaired) electrons. The molecule has 2 amide bonds. The summed E-state index contributed by atoms with van der Waals surface area (Å²) in [5.41, 5.74) is 0.412. The number of hydroxylamine groups is 2. The Morgan fingerprint density at radius 3 is 3.00 bits per heavy atom. The summed E-state index contributed by atoms with van der Waals surface area (Å²) in [6.45, 7) is 0.514. The molecule has 98 valence electrons. The summed E-state index contributed by atoms with van der Waals surface area (Å²) in [7, 11) is 0. The number of β-amino-alcohol motifs (C(OH)–C–C–N with tert-alkyl or cyclic N) is 1. The van der Waals surface area contributed by atoms with Gasteiger partial charge < -0.3 is 14.8 Å². The molecular formula is C11H14N2O5. The summed E-state index contributed by atoms with van der Waals surface area (Å²) >= 11 is 0. The van der Waals surface area contributed by atoms with Crippen LogP contribution >= 0.6 is 0 Å². The van der Waals surface area contributed by atoms with Crippen LogP contribution in [0.4, 0.5) is 0 Å². The molecule has 1 fully saturated rings. The van der Waals surface area contributed by atoms with Crippen molar-refractivity contribution in [1.29, 1.82) is 0 Å². The van der Waals surface area contributed by atoms with Crippen LogP contribution in [-0.4, -0.2) is 47.8 Å². The molecule has 0 saturated carbocycles. The summed E-state index contributed by atoms with van der Waals surface area (Å²) in [6.07, 6.45) is 2.22. The van der Waals surface area contributed by atoms with E-state index in [9.17, 15) is 14.7 Å². The Morgan fingerprint density at radius 2 is 2.39 bits per heavy atom. The Morgan fingerprint density at radius 1 is 1.56 bits per heavy atom. The molecule has 1 aromatic heterocycles. The average molecular weight is 254 g/mol. The van der Waals surface area contributed by atoms with Gasteiger partial charge in [0.1, 0.15) is 12.9 Å². The summed E-state index contributed by atoms with van der Waals surface area (Å²) in [5, 5.41) is 12.9. The Hall–Kier alpha value is -1.86. The highest BCUT2D eigenvalue weighted by Crippen LogP contribution is 2.07. The van der Waals surface area contributed by atoms with Crippen molar-refractivity contribution in [3.8, 4) is 0 Å². The zero-order chi connectivity index (χ0) is 13.0. The van der Waals surface area contributed by atoms with Crippen molar-refractivity contribution < 1.29 is 24.0 Å². The highest BCUT2D eigenvalue weighted by Gasteiger charge is 2.25. The minimum Gasteiger partial charge on any atom is -0.472 e. The molecule has 0 spiro atoms. The van der Waals surface area contributed by atoms with E-state index in [1.54, 1.807) is 0 Å². The number of hydrogen-bond acceptors (Lipinski definition) is 5. The number of nitrogens with one attached hydrogen (secondary N) is 1. The average Bonchev–Trinajstić information content (AvgIpc) is 2.99. The van der Waals surface area contributed by atoms with Gasteiger partial charge in [-0.05, 0) is 6.07 Å². The molecule has 1 atom stereocenters. The van der Waals surface area contributed by atoms with Gasteiger partial charge in [0.25, 0.3) is 5.91 Å². The SMILES string of the molecule is O=C(NCCC(=O)N1C[C@H](O)CO1)c1ccoc1. The molecule has 0 unspecified atom stereocenters. The van der Waals surface area contributed by atoms with E-state index in [0.29, 0.717) is 5.56 Å². The Balaban J connectivity index is 1.69. The lowest BCUT2D eigenvalue weighted by Crippen LogP contribution is -2.32. The number of furan rings is 1. The first kappa shape index (κ1) is 12.6. The molecule has 0 aromatic carbocycles. The fraction of sp³-hybridized carbons (Fsp3) is 0.455. The Labute approximate surface area is 103 Å². The lowest BCUT2D eigenvalue weighted by atomic mass is 10.3. The van der Waals surface area contributed by atoms with Gasteiger partial charge in [0.2, 0.25) is 5.91 Å². The van der Waals surface area contributed by atoms with Crippen molar-refractivity contribution in [3.05, 3.63) is 24.2 Å². The smallest absolute Gasteiger partial charge is 0.254 e. The first-order valence-electron chi connectivity index (χ1n) is 5.58. The van der Waals surface area contributed by atoms with Gasteiger partial charge in [-0.2, -0.15) is 0 Å². The molecule has 7 nitrogen and oxygen atoms in total. The maximum absolute atomic E-state index is 11.6. The fourth-order valence-electron chi connectivity index (χ4n) is 1.55. The predicted molar refractivity (Wildman–Crippen MR) is 59.3 cm³/mol. The van der Waals surface area contributed by atoms with E-state index in [0.717, 1.165) is 5.06 Å². The van der Waals surface area contributed by atoms with E-state index in [2.05, 4.69) is 5.32 Å². The standard InChI is InChI=1S/C11H14N2O5/c14-9-5-13(18-7-9)10(15)1-3-12-11(16)8-2-4-17-6-8/h2,4,6,9,14H,1,3,5,7H2,(H,12,16)/t9-/m0/s1. The van der Waals surface area contributed by atoms with Crippen LogP contribution in [0.1, 0.15) is 16.8 Å². The summed E-state index contributed by atoms with van der Waals surface area (Å²) in [4.78, 5) is 28.0. The minimum absolute atomic E-state index is 0.121. The first-order valence-corrected chi connectivity index (χ1v) is 5.58. The van der Waals surface area contributed by atoms with Crippen LogP contribution in [0.25, 0.3) is 0 Å². The van der Waals surface area contributed by atoms with E-state index < -0.39 is 6.10 Å². The monoisotopic (exact) mass is 254 g/mol. The predicted octanol–water partition coefficient (Wildman–Crippen LogP) is -0.466. The lowest BCUT2D eigenvalue weighted by molar-refractivity contribution is -0.168. The van der Waals surface area contributed by atoms with Gasteiger partial charge in [-0.15, -0.1) is 0 Å². The van der Waals surface area contributed by atoms with E-state index >= 15 is 0 Å². The van der Waals surface area contributed by atoms with Crippen molar-refractivity contribution in [2.24, 2.45) is 0 Å². The largest absolute Gasteiger partial charge is 0.472 e. The number of hydrogen-bond donors (Lipinski definition) is 2. The minimum atomic E-state index is -0.630. The zero-order valence-corrected chi connectivity index (χ0v) is 9.67. The molecule has 1 saturated heterocycles. The van der Waals surface area contributed by atoms with Crippen molar-refractivity contribution in [2.45, 2.75) is 12.5 Å². The number of aliphatic hydroxyl groups is 1. The molecule has 1 aliphatic heterocycles. The van der Waals surface area contributed by atoms with Crippen LogP contribution in [0.15, 0.2) is 23.0 Å². The van der Waals surface area contributed by atoms with E-state index in [1.807, 2.05) is 0 Å². The molecule has 1 aliphatic rings. The molecule has 0 aliphatic carbocycles. The molecule has 2 heterocycles. The Bertz CT molecular complexity index is 417. The summed E-state index contributed by atoms with van der Waals surface area (Å²) < 4.78 is 4.77. The molecule has 2 rings (SSSR count). The molecular weight excluding hydrogens is 240 g/mol. The van der Waals surface area contributed by atoms with Crippen molar-refractivity contribution >= 4 is 11.8 Å². The summed E-state index contributed by atoms with van der Waals surface area (Å²) in [5.74, 6) is -0.557. The number of aliphatic hydroxyl groups excluding tert-OH is 1. The van der Waals surface area contributed by atoms with Crippen LogP contribution < -0.4 is 5.32 Å². The third-order valence-corrected chi connectivity index (χ3v) is 2.49. The number of amides is 2. The van der Waals surface area contributed by atoms with Crippen LogP contribution in [0.5, 0.6) is 0 Å². The Kier molecular flexibility index (Phi) is 3.96. The third kappa shape index (κ3) is 3.08. The lowest BCUT2D eigenvalue weighted by Gasteiger charge is -2.13. The van der Waals surface area contributed by atoms with E-state index in [-0.39, 0.29) is 37.9 Å². The fourth-order valence-corrected chi connectivity index (χ4v) is 1.55. The quantitative estimate of drug-likeness (QED) is 0.758. The van der Waals surface area contributed by atoms with Gasteiger partial charge in [0, 0.05) is 13.0 Å². The van der Waals surface area contributed by atoms with Crippen molar-refractivity contribution in [1.82, 2.24) is 10.4 Å². The normalized spacial score (nSPS) is 18.9. The zero-order valence-electron chi connectivity index (χ0n) is 9.67. The highest BCUT2D eigenvalue weighted by atomic mass is 16.7. The molecule has 1 aromatic rings. The van der Waals surface area contributed by atoms with E-state index in [4.69, 9.17) is 9.25 Å². The van der Waals surface area contributed by atoms with Crippen LogP contribution in [0, 0.1) is 0 Å². The third-order valence-electron chi connectivity index (χ3n) is 2.49. The van der Waals surface area contributed by atoms with Gasteiger partial charge in [-0.25, -0.2) is 5.06 Å². The first-order chi connectivity index (χ1) is 8.66. The molecule has 18 heavy (non-hydrogen) atoms. The number of carbonyl (C=O) groups is 2. The van der Waals surface area contributed by atoms with Gasteiger partial charge >= 0.3 is 0 Å². The maximum atomic E-state index is 11.6. The van der Waals surface area contributed by atoms with Gasteiger partial charge in [0.15, 0.2) is 0 Å². The second kappa shape index (κ2) is 5.65. The van der Waals surface area contributed by atoms with Gasteiger partial charge in [0.05, 0.1) is 24.5 Å². The van der Waals surface area contributed by atoms with E-state index in [1.165, 1.54) is 18.6 Å². The van der Waals surface area contributed by atoms with Crippen LogP contribution in [-0.2, 0) is 9.63 Å². The second-order valence-electron chi connectivity index (χ2n) is 3.92. The van der Waals surface area contributed by atoms with Gasteiger partial charge in [-0.1, -0.05) is 0 Å². The van der Waals surface area contributed by atoms with Crippen LogP contribution in [0.3, 0.4) is 0 Å². The van der Waals surface area contributed by atoms with Crippen molar-refractivity contribution in [2.75, 3.05) is 19.7 Å². The maximum Gasteiger partial charge on any atom is 0.254 e. The van der Waals surface area contributed by atoms with Gasteiger partial charge in [-0.3, -0.25) is 14.4 Å². The number of carbonyl (C=O) groups excluding carboxylic acids is 2. The second-order valence-corrected chi connectivity index (χ2v) is 3.92.